The molecule has 0 atom stereocenters. The summed E-state index contributed by atoms with van der Waals surface area (Å²) in [6, 6.07) is 16.7. The molecular formula is C28H35N3O5SSi. The number of aliphatic hydroxyl groups is 1. The van der Waals surface area contributed by atoms with E-state index in [4.69, 9.17) is 14.5 Å². The highest BCUT2D eigenvalue weighted by atomic mass is 32.2. The smallest absolute Gasteiger partial charge is 0.180 e. The summed E-state index contributed by atoms with van der Waals surface area (Å²) in [4.78, 5) is 9.54. The number of rotatable bonds is 11. The maximum atomic E-state index is 12.5. The third-order valence-corrected chi connectivity index (χ3v) is 10.1. The van der Waals surface area contributed by atoms with E-state index in [0.29, 0.717) is 47.4 Å². The van der Waals surface area contributed by atoms with Gasteiger partial charge in [-0.15, -0.1) is 0 Å². The van der Waals surface area contributed by atoms with Crippen molar-refractivity contribution in [2.45, 2.75) is 63.0 Å². The van der Waals surface area contributed by atoms with Crippen LogP contribution in [0.15, 0.2) is 65.7 Å². The van der Waals surface area contributed by atoms with Crippen LogP contribution < -0.4 is 4.74 Å². The lowest BCUT2D eigenvalue weighted by atomic mass is 10.2. The number of ether oxygens (including phenoxy) is 2. The van der Waals surface area contributed by atoms with Gasteiger partial charge in [0.05, 0.1) is 27.8 Å². The number of aliphatic hydroxyl groups excluding tert-OH is 1. The number of hydrogen-bond donors (Lipinski definition) is 1. The standard InChI is InChI=1S/C28H35N3O5SSi/c1-20(2)37(33,34)23-11-9-22(10-12-23)36-27-17-26-25(16-21(27)18-32)30-28(24-8-6-7-13-29-24)31(26)19-35-14-15-38(3,4)5/h6-13,16-17,20,32H,14-15,18-19H2,1-5H3. The van der Waals surface area contributed by atoms with E-state index in [0.717, 1.165) is 11.6 Å². The van der Waals surface area contributed by atoms with Crippen LogP contribution in [0.25, 0.3) is 22.6 Å². The molecule has 0 aliphatic heterocycles. The molecule has 0 aliphatic rings. The first kappa shape index (κ1) is 28.0. The van der Waals surface area contributed by atoms with Gasteiger partial charge in [0.2, 0.25) is 0 Å². The number of sulfone groups is 1. The zero-order valence-electron chi connectivity index (χ0n) is 22.5. The molecule has 0 saturated heterocycles. The Labute approximate surface area is 225 Å². The van der Waals surface area contributed by atoms with E-state index in [9.17, 15) is 13.5 Å². The van der Waals surface area contributed by atoms with Crippen molar-refractivity contribution in [3.8, 4) is 23.0 Å². The summed E-state index contributed by atoms with van der Waals surface area (Å²) >= 11 is 0. The van der Waals surface area contributed by atoms with Crippen molar-refractivity contribution in [1.29, 1.82) is 0 Å². The van der Waals surface area contributed by atoms with Crippen LogP contribution in [0, 0.1) is 0 Å². The Kier molecular flexibility index (Phi) is 8.36. The van der Waals surface area contributed by atoms with E-state index in [-0.39, 0.29) is 11.5 Å². The first-order chi connectivity index (χ1) is 18.0. The minimum Gasteiger partial charge on any atom is -0.457 e. The van der Waals surface area contributed by atoms with Crippen LogP contribution in [0.2, 0.25) is 25.7 Å². The lowest BCUT2D eigenvalue weighted by Crippen LogP contribution is -2.22. The van der Waals surface area contributed by atoms with Crippen LogP contribution in [-0.4, -0.2) is 48.0 Å². The van der Waals surface area contributed by atoms with Crippen LogP contribution in [0.1, 0.15) is 19.4 Å². The molecule has 0 radical (unpaired) electrons. The summed E-state index contributed by atoms with van der Waals surface area (Å²) in [5, 5.41) is 9.57. The van der Waals surface area contributed by atoms with Crippen molar-refractivity contribution in [2.75, 3.05) is 6.61 Å². The van der Waals surface area contributed by atoms with Crippen molar-refractivity contribution in [3.63, 3.8) is 0 Å². The summed E-state index contributed by atoms with van der Waals surface area (Å²) in [5.74, 6) is 1.58. The number of nitrogens with zero attached hydrogens (tertiary/aromatic N) is 3. The Bertz CT molecular complexity index is 1500. The highest BCUT2D eigenvalue weighted by Crippen LogP contribution is 2.33. The van der Waals surface area contributed by atoms with Gasteiger partial charge in [-0.2, -0.15) is 0 Å². The summed E-state index contributed by atoms with van der Waals surface area (Å²) in [5.41, 5.74) is 2.75. The predicted octanol–water partition coefficient (Wildman–Crippen LogP) is 5.88. The first-order valence-corrected chi connectivity index (χ1v) is 17.9. The fourth-order valence-corrected chi connectivity index (χ4v) is 5.68. The average Bonchev–Trinajstić information content (AvgIpc) is 3.23. The van der Waals surface area contributed by atoms with Crippen molar-refractivity contribution in [2.24, 2.45) is 0 Å². The zero-order valence-corrected chi connectivity index (χ0v) is 24.3. The topological polar surface area (TPSA) is 104 Å². The average molecular weight is 554 g/mol. The molecule has 4 aromatic rings. The molecule has 2 aromatic carbocycles. The number of aromatic nitrogens is 3. The Morgan fingerprint density at radius 2 is 1.79 bits per heavy atom. The van der Waals surface area contributed by atoms with Gasteiger partial charge in [-0.3, -0.25) is 9.55 Å². The van der Waals surface area contributed by atoms with Crippen LogP contribution in [0.5, 0.6) is 11.5 Å². The monoisotopic (exact) mass is 553 g/mol. The molecular weight excluding hydrogens is 518 g/mol. The second kappa shape index (κ2) is 11.4. The molecule has 0 unspecified atom stereocenters. The molecule has 1 N–H and O–H groups in total. The molecule has 10 heteroatoms. The molecule has 4 rings (SSSR count). The molecule has 0 saturated carbocycles. The van der Waals surface area contributed by atoms with Crippen molar-refractivity contribution in [1.82, 2.24) is 14.5 Å². The molecule has 2 aromatic heterocycles. The molecule has 0 amide bonds. The highest BCUT2D eigenvalue weighted by molar-refractivity contribution is 7.92. The number of pyridine rings is 1. The van der Waals surface area contributed by atoms with Crippen LogP contribution in [0.3, 0.4) is 0 Å². The van der Waals surface area contributed by atoms with Crippen molar-refractivity contribution in [3.05, 3.63) is 66.4 Å². The maximum Gasteiger partial charge on any atom is 0.180 e. The molecule has 2 heterocycles. The molecule has 202 valence electrons. The number of benzene rings is 2. The van der Waals surface area contributed by atoms with Gasteiger partial charge in [-0.05, 0) is 62.4 Å². The normalized spacial score (nSPS) is 12.4. The Morgan fingerprint density at radius 3 is 2.39 bits per heavy atom. The van der Waals surface area contributed by atoms with Crippen molar-refractivity contribution >= 4 is 28.9 Å². The minimum atomic E-state index is -3.38. The minimum absolute atomic E-state index is 0.242. The molecule has 0 aliphatic carbocycles. The van der Waals surface area contributed by atoms with E-state index in [1.165, 1.54) is 12.1 Å². The van der Waals surface area contributed by atoms with E-state index in [1.54, 1.807) is 38.2 Å². The van der Waals surface area contributed by atoms with Crippen LogP contribution in [-0.2, 0) is 27.9 Å². The first-order valence-electron chi connectivity index (χ1n) is 12.6. The Balaban J connectivity index is 1.71. The largest absolute Gasteiger partial charge is 0.457 e. The van der Waals surface area contributed by atoms with Crippen LogP contribution >= 0.6 is 0 Å². The molecule has 38 heavy (non-hydrogen) atoms. The van der Waals surface area contributed by atoms with Gasteiger partial charge in [-0.1, -0.05) is 25.7 Å². The molecule has 0 fully saturated rings. The fraction of sp³-hybridized carbons (Fsp3) is 0.357. The second-order valence-electron chi connectivity index (χ2n) is 10.7. The maximum absolute atomic E-state index is 12.5. The lowest BCUT2D eigenvalue weighted by molar-refractivity contribution is 0.0909. The molecule has 0 bridgehead atoms. The summed E-state index contributed by atoms with van der Waals surface area (Å²) in [6.45, 7) is 10.9. The van der Waals surface area contributed by atoms with Gasteiger partial charge >= 0.3 is 0 Å². The van der Waals surface area contributed by atoms with Gasteiger partial charge in [0.15, 0.2) is 15.7 Å². The summed E-state index contributed by atoms with van der Waals surface area (Å²) < 4.78 is 39.1. The zero-order chi connectivity index (χ0) is 27.5. The van der Waals surface area contributed by atoms with Crippen LogP contribution in [0.4, 0.5) is 0 Å². The van der Waals surface area contributed by atoms with Gasteiger partial charge in [0.1, 0.15) is 23.9 Å². The van der Waals surface area contributed by atoms with Gasteiger partial charge < -0.3 is 14.6 Å². The third kappa shape index (κ3) is 6.32. The quantitative estimate of drug-likeness (QED) is 0.183. The van der Waals surface area contributed by atoms with Gasteiger partial charge in [0.25, 0.3) is 0 Å². The van der Waals surface area contributed by atoms with E-state index in [2.05, 4.69) is 24.6 Å². The SMILES string of the molecule is CC(C)S(=O)(=O)c1ccc(Oc2cc3c(cc2CO)nc(-c2ccccn2)n3COCC[Si](C)(C)C)cc1. The number of fused-ring (bicyclic) bond motifs is 1. The second-order valence-corrected chi connectivity index (χ2v) is 18.8. The van der Waals surface area contributed by atoms with Gasteiger partial charge in [0, 0.05) is 32.5 Å². The summed E-state index contributed by atoms with van der Waals surface area (Å²) in [7, 11) is -4.63. The summed E-state index contributed by atoms with van der Waals surface area (Å²) in [6.07, 6.45) is 1.72. The van der Waals surface area contributed by atoms with Crippen molar-refractivity contribution < 1.29 is 23.0 Å². The van der Waals surface area contributed by atoms with E-state index < -0.39 is 23.2 Å². The predicted molar refractivity (Wildman–Crippen MR) is 152 cm³/mol. The van der Waals surface area contributed by atoms with Gasteiger partial charge in [-0.25, -0.2) is 13.4 Å². The van der Waals surface area contributed by atoms with E-state index >= 15 is 0 Å². The Hall–Kier alpha value is -3.05. The Morgan fingerprint density at radius 1 is 1.05 bits per heavy atom. The lowest BCUT2D eigenvalue weighted by Gasteiger charge is -2.16. The van der Waals surface area contributed by atoms with E-state index in [1.807, 2.05) is 28.8 Å². The number of imidazole rings is 1. The third-order valence-electron chi connectivity index (χ3n) is 6.21. The number of hydrogen-bond acceptors (Lipinski definition) is 7. The fourth-order valence-electron chi connectivity index (χ4n) is 3.87. The molecule has 0 spiro atoms. The molecule has 8 nitrogen and oxygen atoms in total. The highest BCUT2D eigenvalue weighted by Gasteiger charge is 2.20.